The van der Waals surface area contributed by atoms with Crippen LogP contribution >= 0.6 is 11.3 Å². The third kappa shape index (κ3) is 5.82. The SMILES string of the molecule is O=C(CN1CCC(C(=O)NC2CC2)CC1)NC(=O)NCc1cccs1. The number of nitrogens with one attached hydrogen (secondary N) is 3. The molecule has 2 fully saturated rings. The van der Waals surface area contributed by atoms with Crippen LogP contribution in [0.5, 0.6) is 0 Å². The van der Waals surface area contributed by atoms with Gasteiger partial charge in [0.15, 0.2) is 0 Å². The van der Waals surface area contributed by atoms with Gasteiger partial charge in [-0.25, -0.2) is 4.79 Å². The van der Waals surface area contributed by atoms with E-state index in [1.165, 1.54) is 0 Å². The maximum atomic E-state index is 12.0. The summed E-state index contributed by atoms with van der Waals surface area (Å²) in [6.45, 7) is 2.00. The number of nitrogens with zero attached hydrogens (tertiary/aromatic N) is 1. The number of hydrogen-bond acceptors (Lipinski definition) is 5. The van der Waals surface area contributed by atoms with Crippen molar-refractivity contribution in [2.45, 2.75) is 38.3 Å². The van der Waals surface area contributed by atoms with Crippen LogP contribution in [0.4, 0.5) is 4.79 Å². The Hall–Kier alpha value is -1.93. The van der Waals surface area contributed by atoms with E-state index in [1.807, 2.05) is 22.4 Å². The summed E-state index contributed by atoms with van der Waals surface area (Å²) in [4.78, 5) is 38.7. The average molecular weight is 364 g/mol. The number of thiophene rings is 1. The molecule has 3 rings (SSSR count). The maximum Gasteiger partial charge on any atom is 0.321 e. The lowest BCUT2D eigenvalue weighted by atomic mass is 9.96. The van der Waals surface area contributed by atoms with Gasteiger partial charge in [0.25, 0.3) is 0 Å². The van der Waals surface area contributed by atoms with Gasteiger partial charge in [0.1, 0.15) is 0 Å². The zero-order chi connectivity index (χ0) is 17.6. The zero-order valence-corrected chi connectivity index (χ0v) is 14.9. The van der Waals surface area contributed by atoms with Gasteiger partial charge in [0.2, 0.25) is 11.8 Å². The van der Waals surface area contributed by atoms with Crippen LogP contribution in [0.1, 0.15) is 30.6 Å². The number of carbonyl (C=O) groups is 3. The molecular formula is C17H24N4O3S. The summed E-state index contributed by atoms with van der Waals surface area (Å²) in [6, 6.07) is 3.76. The molecule has 0 radical (unpaired) electrons. The minimum atomic E-state index is -0.475. The molecule has 25 heavy (non-hydrogen) atoms. The van der Waals surface area contributed by atoms with Crippen molar-refractivity contribution in [3.63, 3.8) is 0 Å². The first-order chi connectivity index (χ1) is 12.1. The molecule has 1 aliphatic heterocycles. The molecule has 7 nitrogen and oxygen atoms in total. The summed E-state index contributed by atoms with van der Waals surface area (Å²) < 4.78 is 0. The van der Waals surface area contributed by atoms with Crippen molar-refractivity contribution in [2.24, 2.45) is 5.92 Å². The monoisotopic (exact) mass is 364 g/mol. The van der Waals surface area contributed by atoms with E-state index >= 15 is 0 Å². The lowest BCUT2D eigenvalue weighted by Crippen LogP contribution is -2.47. The van der Waals surface area contributed by atoms with E-state index in [1.54, 1.807) is 11.3 Å². The second-order valence-electron chi connectivity index (χ2n) is 6.64. The number of likely N-dealkylation sites (tertiary alicyclic amines) is 1. The van der Waals surface area contributed by atoms with Gasteiger partial charge >= 0.3 is 6.03 Å². The zero-order valence-electron chi connectivity index (χ0n) is 14.1. The molecule has 0 unspecified atom stereocenters. The van der Waals surface area contributed by atoms with Gasteiger partial charge in [-0.1, -0.05) is 6.07 Å². The Morgan fingerprint density at radius 2 is 1.92 bits per heavy atom. The Morgan fingerprint density at radius 3 is 2.56 bits per heavy atom. The van der Waals surface area contributed by atoms with Crippen LogP contribution in [0.3, 0.4) is 0 Å². The van der Waals surface area contributed by atoms with E-state index in [4.69, 9.17) is 0 Å². The molecule has 136 valence electrons. The number of urea groups is 1. The number of piperidine rings is 1. The molecule has 1 aromatic heterocycles. The highest BCUT2D eigenvalue weighted by molar-refractivity contribution is 7.09. The Labute approximate surface area is 151 Å². The van der Waals surface area contributed by atoms with Crippen LogP contribution in [0.2, 0.25) is 0 Å². The maximum absolute atomic E-state index is 12.0. The highest BCUT2D eigenvalue weighted by Crippen LogP contribution is 2.22. The standard InChI is InChI=1S/C17H24N4O3S/c22-15(20-17(24)18-10-14-2-1-9-25-14)11-21-7-5-12(6-8-21)16(23)19-13-3-4-13/h1-2,9,12-13H,3-8,10-11H2,(H,19,23)(H2,18,20,22,24). The fourth-order valence-corrected chi connectivity index (χ4v) is 3.54. The summed E-state index contributed by atoms with van der Waals surface area (Å²) in [5, 5.41) is 10.0. The third-order valence-electron chi connectivity index (χ3n) is 4.51. The fraction of sp³-hybridized carbons (Fsp3) is 0.588. The van der Waals surface area contributed by atoms with Gasteiger partial charge in [-0.05, 0) is 50.2 Å². The van der Waals surface area contributed by atoms with Gasteiger partial charge < -0.3 is 10.6 Å². The van der Waals surface area contributed by atoms with E-state index < -0.39 is 6.03 Å². The van der Waals surface area contributed by atoms with Crippen molar-refractivity contribution in [1.29, 1.82) is 0 Å². The average Bonchev–Trinajstić information content (AvgIpc) is 3.24. The number of hydrogen-bond donors (Lipinski definition) is 3. The lowest BCUT2D eigenvalue weighted by molar-refractivity contribution is -0.126. The molecule has 0 aromatic carbocycles. The smallest absolute Gasteiger partial charge is 0.321 e. The highest BCUT2D eigenvalue weighted by atomic mass is 32.1. The largest absolute Gasteiger partial charge is 0.353 e. The van der Waals surface area contributed by atoms with Crippen LogP contribution in [-0.4, -0.2) is 48.4 Å². The topological polar surface area (TPSA) is 90.5 Å². The van der Waals surface area contributed by atoms with Crippen molar-refractivity contribution >= 4 is 29.2 Å². The molecule has 0 atom stereocenters. The van der Waals surface area contributed by atoms with Crippen molar-refractivity contribution in [3.05, 3.63) is 22.4 Å². The summed E-state index contributed by atoms with van der Waals surface area (Å²) in [7, 11) is 0. The minimum absolute atomic E-state index is 0.0500. The summed E-state index contributed by atoms with van der Waals surface area (Å²) in [6.07, 6.45) is 3.71. The van der Waals surface area contributed by atoms with Crippen molar-refractivity contribution < 1.29 is 14.4 Å². The Kier molecular flexibility index (Phi) is 6.04. The van der Waals surface area contributed by atoms with E-state index in [-0.39, 0.29) is 24.3 Å². The Balaban J connectivity index is 1.31. The van der Waals surface area contributed by atoms with Gasteiger partial charge in [-0.3, -0.25) is 19.8 Å². The molecule has 3 N–H and O–H groups in total. The number of imide groups is 1. The molecular weight excluding hydrogens is 340 g/mol. The van der Waals surface area contributed by atoms with Crippen LogP contribution in [0.25, 0.3) is 0 Å². The predicted octanol–water partition coefficient (Wildman–Crippen LogP) is 1.06. The molecule has 1 aromatic rings. The summed E-state index contributed by atoms with van der Waals surface area (Å²) in [5.41, 5.74) is 0. The quantitative estimate of drug-likeness (QED) is 0.704. The molecule has 1 saturated heterocycles. The van der Waals surface area contributed by atoms with Gasteiger partial charge in [-0.2, -0.15) is 0 Å². The van der Waals surface area contributed by atoms with Crippen molar-refractivity contribution in [3.8, 4) is 0 Å². The Bertz CT molecular complexity index is 607. The second kappa shape index (κ2) is 8.44. The molecule has 1 aliphatic carbocycles. The van der Waals surface area contributed by atoms with E-state index in [2.05, 4.69) is 16.0 Å². The van der Waals surface area contributed by atoms with E-state index in [0.29, 0.717) is 25.7 Å². The number of amides is 4. The normalized spacial score (nSPS) is 18.6. The molecule has 0 spiro atoms. The van der Waals surface area contributed by atoms with Gasteiger partial charge in [0, 0.05) is 16.8 Å². The van der Waals surface area contributed by atoms with E-state index in [9.17, 15) is 14.4 Å². The molecule has 8 heteroatoms. The number of carbonyl (C=O) groups excluding carboxylic acids is 3. The van der Waals surface area contributed by atoms with Gasteiger partial charge in [0.05, 0.1) is 13.1 Å². The fourth-order valence-electron chi connectivity index (χ4n) is 2.89. The first kappa shape index (κ1) is 17.9. The number of rotatable bonds is 6. The van der Waals surface area contributed by atoms with E-state index in [0.717, 1.165) is 30.6 Å². The second-order valence-corrected chi connectivity index (χ2v) is 7.68. The molecule has 2 heterocycles. The summed E-state index contributed by atoms with van der Waals surface area (Å²) in [5.74, 6) is -0.113. The van der Waals surface area contributed by atoms with Crippen molar-refractivity contribution in [1.82, 2.24) is 20.9 Å². The lowest BCUT2D eigenvalue weighted by Gasteiger charge is -2.30. The predicted molar refractivity (Wildman–Crippen MR) is 95.0 cm³/mol. The first-order valence-electron chi connectivity index (χ1n) is 8.73. The van der Waals surface area contributed by atoms with Crippen LogP contribution < -0.4 is 16.0 Å². The van der Waals surface area contributed by atoms with Crippen LogP contribution in [0, 0.1) is 5.92 Å². The summed E-state index contributed by atoms with van der Waals surface area (Å²) >= 11 is 1.55. The Morgan fingerprint density at radius 1 is 1.16 bits per heavy atom. The van der Waals surface area contributed by atoms with Gasteiger partial charge in [-0.15, -0.1) is 11.3 Å². The highest BCUT2D eigenvalue weighted by Gasteiger charge is 2.30. The third-order valence-corrected chi connectivity index (χ3v) is 5.38. The van der Waals surface area contributed by atoms with Crippen LogP contribution in [0.15, 0.2) is 17.5 Å². The molecule has 2 aliphatic rings. The van der Waals surface area contributed by atoms with Crippen LogP contribution in [-0.2, 0) is 16.1 Å². The molecule has 1 saturated carbocycles. The molecule has 4 amide bonds. The minimum Gasteiger partial charge on any atom is -0.353 e. The molecule has 0 bridgehead atoms. The van der Waals surface area contributed by atoms with Crippen molar-refractivity contribution in [2.75, 3.05) is 19.6 Å². The first-order valence-corrected chi connectivity index (χ1v) is 9.61.